The van der Waals surface area contributed by atoms with Gasteiger partial charge in [0.15, 0.2) is 0 Å². The van der Waals surface area contributed by atoms with E-state index in [-0.39, 0.29) is 0 Å². The highest BCUT2D eigenvalue weighted by Gasteiger charge is 2.16. The molecule has 0 aliphatic heterocycles. The minimum atomic E-state index is -0.427. The summed E-state index contributed by atoms with van der Waals surface area (Å²) in [5.74, 6) is -0.427. The van der Waals surface area contributed by atoms with E-state index < -0.39 is 5.97 Å². The first-order chi connectivity index (χ1) is 8.58. The Bertz CT molecular complexity index is 631. The molecule has 1 heterocycles. The molecule has 0 bridgehead atoms. The van der Waals surface area contributed by atoms with Gasteiger partial charge in [0.2, 0.25) is 0 Å². The van der Waals surface area contributed by atoms with Gasteiger partial charge in [0, 0.05) is 22.2 Å². The molecular weight excluding hydrogens is 367 g/mol. The normalized spacial score (nSPS) is 10.4. The van der Waals surface area contributed by atoms with E-state index in [2.05, 4.69) is 32.9 Å². The monoisotopic (exact) mass is 376 g/mol. The Balaban J connectivity index is 2.82. The molecule has 0 saturated carbocycles. The molecule has 0 atom stereocenters. The highest BCUT2D eigenvalue weighted by atomic mass is 127. The van der Waals surface area contributed by atoms with Gasteiger partial charge in [-0.1, -0.05) is 11.6 Å². The highest BCUT2D eigenvalue weighted by Crippen LogP contribution is 2.32. The number of pyridine rings is 1. The van der Waals surface area contributed by atoms with Gasteiger partial charge in [0.25, 0.3) is 0 Å². The van der Waals surface area contributed by atoms with Gasteiger partial charge in [-0.2, -0.15) is 0 Å². The molecular formula is C12H10ClIN2O2. The zero-order chi connectivity index (χ0) is 13.3. The Morgan fingerprint density at radius 1 is 1.50 bits per heavy atom. The van der Waals surface area contributed by atoms with E-state index in [1.807, 2.05) is 12.1 Å². The fraction of sp³-hybridized carbons (Fsp3) is 0.167. The Hall–Kier alpha value is -1.08. The third-order valence-electron chi connectivity index (χ3n) is 2.54. The average molecular weight is 377 g/mol. The van der Waals surface area contributed by atoms with E-state index in [0.29, 0.717) is 21.8 Å². The van der Waals surface area contributed by atoms with Gasteiger partial charge in [0.05, 0.1) is 23.3 Å². The standard InChI is InChI=1S/C12H10ClIN2O2/c1-15-10-7-3-6(14)4-9(13)11(7)16-5-8(10)12(17)18-2/h3-5H,1-2H3,(H,15,16). The van der Waals surface area contributed by atoms with Crippen LogP contribution in [-0.4, -0.2) is 25.1 Å². The van der Waals surface area contributed by atoms with E-state index >= 15 is 0 Å². The number of hydrogen-bond acceptors (Lipinski definition) is 4. The number of anilines is 1. The molecule has 0 fully saturated rings. The molecule has 0 amide bonds. The minimum absolute atomic E-state index is 0.394. The van der Waals surface area contributed by atoms with E-state index in [1.54, 1.807) is 7.05 Å². The number of ether oxygens (including phenoxy) is 1. The van der Waals surface area contributed by atoms with Gasteiger partial charge in [-0.05, 0) is 34.7 Å². The maximum absolute atomic E-state index is 11.7. The molecule has 0 aliphatic rings. The Kier molecular flexibility index (Phi) is 3.91. The molecule has 0 spiro atoms. The fourth-order valence-corrected chi connectivity index (χ4v) is 2.84. The second-order valence-electron chi connectivity index (χ2n) is 3.57. The van der Waals surface area contributed by atoms with Crippen molar-refractivity contribution in [3.8, 4) is 0 Å². The molecule has 0 radical (unpaired) electrons. The molecule has 0 unspecified atom stereocenters. The Morgan fingerprint density at radius 2 is 2.22 bits per heavy atom. The van der Waals surface area contributed by atoms with Crippen LogP contribution in [0.2, 0.25) is 5.02 Å². The number of nitrogens with one attached hydrogen (secondary N) is 1. The first kappa shape index (κ1) is 13.4. The lowest BCUT2D eigenvalue weighted by Crippen LogP contribution is -2.07. The molecule has 0 saturated heterocycles. The van der Waals surface area contributed by atoms with Gasteiger partial charge < -0.3 is 10.1 Å². The Morgan fingerprint density at radius 3 is 2.83 bits per heavy atom. The maximum atomic E-state index is 11.7. The van der Waals surface area contributed by atoms with Gasteiger partial charge >= 0.3 is 5.97 Å². The summed E-state index contributed by atoms with van der Waals surface area (Å²) in [5, 5.41) is 4.37. The number of nitrogens with zero attached hydrogens (tertiary/aromatic N) is 1. The van der Waals surface area contributed by atoms with Crippen molar-refractivity contribution in [3.63, 3.8) is 0 Å². The van der Waals surface area contributed by atoms with Crippen LogP contribution in [0.25, 0.3) is 10.9 Å². The molecule has 2 aromatic rings. The first-order valence-electron chi connectivity index (χ1n) is 5.12. The van der Waals surface area contributed by atoms with Crippen LogP contribution in [0.4, 0.5) is 5.69 Å². The lowest BCUT2D eigenvalue weighted by molar-refractivity contribution is 0.0601. The molecule has 0 aliphatic carbocycles. The summed E-state index contributed by atoms with van der Waals surface area (Å²) >= 11 is 8.31. The van der Waals surface area contributed by atoms with Gasteiger partial charge in [-0.25, -0.2) is 4.79 Å². The number of hydrogen-bond donors (Lipinski definition) is 1. The number of aromatic nitrogens is 1. The van der Waals surface area contributed by atoms with Crippen LogP contribution < -0.4 is 5.32 Å². The highest BCUT2D eigenvalue weighted by molar-refractivity contribution is 14.1. The van der Waals surface area contributed by atoms with E-state index in [1.165, 1.54) is 13.3 Å². The second kappa shape index (κ2) is 5.27. The van der Waals surface area contributed by atoms with Crippen molar-refractivity contribution in [2.75, 3.05) is 19.5 Å². The Labute approximate surface area is 123 Å². The largest absolute Gasteiger partial charge is 0.465 e. The molecule has 1 aromatic carbocycles. The second-order valence-corrected chi connectivity index (χ2v) is 5.23. The number of carbonyl (C=O) groups excluding carboxylic acids is 1. The summed E-state index contributed by atoms with van der Waals surface area (Å²) < 4.78 is 5.71. The molecule has 6 heteroatoms. The smallest absolute Gasteiger partial charge is 0.341 e. The number of rotatable bonds is 2. The van der Waals surface area contributed by atoms with Crippen LogP contribution in [0, 0.1) is 3.57 Å². The predicted molar refractivity (Wildman–Crippen MR) is 80.4 cm³/mol. The quantitative estimate of drug-likeness (QED) is 0.645. The van der Waals surface area contributed by atoms with Crippen molar-refractivity contribution in [2.24, 2.45) is 0 Å². The lowest BCUT2D eigenvalue weighted by atomic mass is 10.1. The fourth-order valence-electron chi connectivity index (χ4n) is 1.76. The van der Waals surface area contributed by atoms with Crippen molar-refractivity contribution in [1.82, 2.24) is 4.98 Å². The van der Waals surface area contributed by atoms with Crippen LogP contribution in [-0.2, 0) is 4.74 Å². The maximum Gasteiger partial charge on any atom is 0.341 e. The summed E-state index contributed by atoms with van der Waals surface area (Å²) in [5.41, 5.74) is 1.73. The summed E-state index contributed by atoms with van der Waals surface area (Å²) in [6.07, 6.45) is 1.47. The topological polar surface area (TPSA) is 51.2 Å². The van der Waals surface area contributed by atoms with Crippen molar-refractivity contribution in [2.45, 2.75) is 0 Å². The number of benzene rings is 1. The van der Waals surface area contributed by atoms with Crippen LogP contribution in [0.1, 0.15) is 10.4 Å². The third-order valence-corrected chi connectivity index (χ3v) is 3.46. The SMILES string of the molecule is CNc1c(C(=O)OC)cnc2c(Cl)cc(I)cc12. The van der Waals surface area contributed by atoms with Crippen LogP contribution in [0.5, 0.6) is 0 Å². The van der Waals surface area contributed by atoms with Crippen LogP contribution in [0.15, 0.2) is 18.3 Å². The van der Waals surface area contributed by atoms with Crippen molar-refractivity contribution in [1.29, 1.82) is 0 Å². The zero-order valence-corrected chi connectivity index (χ0v) is 12.7. The number of carbonyl (C=O) groups is 1. The molecule has 1 N–H and O–H groups in total. The summed E-state index contributed by atoms with van der Waals surface area (Å²) in [7, 11) is 3.09. The summed E-state index contributed by atoms with van der Waals surface area (Å²) in [6.45, 7) is 0. The first-order valence-corrected chi connectivity index (χ1v) is 6.58. The van der Waals surface area contributed by atoms with E-state index in [4.69, 9.17) is 16.3 Å². The van der Waals surface area contributed by atoms with Gasteiger partial charge in [-0.15, -0.1) is 0 Å². The van der Waals surface area contributed by atoms with Gasteiger partial charge in [-0.3, -0.25) is 4.98 Å². The van der Waals surface area contributed by atoms with Crippen LogP contribution in [0.3, 0.4) is 0 Å². The summed E-state index contributed by atoms with van der Waals surface area (Å²) in [4.78, 5) is 15.9. The van der Waals surface area contributed by atoms with Crippen molar-refractivity contribution in [3.05, 3.63) is 32.5 Å². The number of halogens is 2. The molecule has 2 rings (SSSR count). The number of esters is 1. The predicted octanol–water partition coefficient (Wildman–Crippen LogP) is 3.32. The molecule has 4 nitrogen and oxygen atoms in total. The van der Waals surface area contributed by atoms with E-state index in [9.17, 15) is 4.79 Å². The van der Waals surface area contributed by atoms with E-state index in [0.717, 1.165) is 8.96 Å². The third kappa shape index (κ3) is 2.24. The number of fused-ring (bicyclic) bond motifs is 1. The number of methoxy groups -OCH3 is 1. The summed E-state index contributed by atoms with van der Waals surface area (Å²) in [6, 6.07) is 3.75. The molecule has 1 aromatic heterocycles. The average Bonchev–Trinajstić information content (AvgIpc) is 2.36. The minimum Gasteiger partial charge on any atom is -0.465 e. The van der Waals surface area contributed by atoms with Gasteiger partial charge in [0.1, 0.15) is 5.56 Å². The molecule has 94 valence electrons. The van der Waals surface area contributed by atoms with Crippen molar-refractivity contribution < 1.29 is 9.53 Å². The zero-order valence-electron chi connectivity index (χ0n) is 9.75. The van der Waals surface area contributed by atoms with Crippen LogP contribution >= 0.6 is 34.2 Å². The molecule has 18 heavy (non-hydrogen) atoms. The van der Waals surface area contributed by atoms with Crippen molar-refractivity contribution >= 4 is 56.8 Å². The lowest BCUT2D eigenvalue weighted by Gasteiger charge is -2.11.